The first-order valence-corrected chi connectivity index (χ1v) is 11.7. The highest BCUT2D eigenvalue weighted by molar-refractivity contribution is 7.93. The van der Waals surface area contributed by atoms with Gasteiger partial charge in [0.05, 0.1) is 10.6 Å². The Morgan fingerprint density at radius 3 is 2.13 bits per heavy atom. The molecule has 1 amide bonds. The molecule has 31 heavy (non-hydrogen) atoms. The number of rotatable bonds is 8. The number of benzene rings is 3. The fourth-order valence-corrected chi connectivity index (χ4v) is 4.57. The molecule has 3 rings (SSSR count). The summed E-state index contributed by atoms with van der Waals surface area (Å²) in [7, 11) is -4.10. The molecule has 6 heteroatoms. The van der Waals surface area contributed by atoms with Crippen LogP contribution in [0, 0.1) is 6.92 Å². The van der Waals surface area contributed by atoms with Gasteiger partial charge in [-0.1, -0.05) is 55.8 Å². The predicted molar refractivity (Wildman–Crippen MR) is 123 cm³/mol. The maximum atomic E-state index is 13.4. The number of aryl methyl sites for hydroxylation is 3. The van der Waals surface area contributed by atoms with Gasteiger partial charge >= 0.3 is 0 Å². The van der Waals surface area contributed by atoms with E-state index in [0.29, 0.717) is 5.75 Å². The van der Waals surface area contributed by atoms with E-state index < -0.39 is 22.5 Å². The average molecular weight is 438 g/mol. The highest BCUT2D eigenvalue weighted by Crippen LogP contribution is 2.25. The van der Waals surface area contributed by atoms with Crippen molar-refractivity contribution >= 4 is 21.6 Å². The van der Waals surface area contributed by atoms with E-state index in [2.05, 4.69) is 0 Å². The van der Waals surface area contributed by atoms with Gasteiger partial charge in [0, 0.05) is 0 Å². The Hall–Kier alpha value is -3.12. The monoisotopic (exact) mass is 437 g/mol. The van der Waals surface area contributed by atoms with Crippen molar-refractivity contribution in [1.82, 2.24) is 0 Å². The van der Waals surface area contributed by atoms with Crippen molar-refractivity contribution < 1.29 is 17.9 Å². The minimum Gasteiger partial charge on any atom is -0.484 e. The third kappa shape index (κ3) is 5.33. The molecule has 0 heterocycles. The number of hydrogen-bond acceptors (Lipinski definition) is 4. The molecule has 0 fully saturated rings. The molecule has 3 aromatic rings. The summed E-state index contributed by atoms with van der Waals surface area (Å²) in [5, 5.41) is 0. The van der Waals surface area contributed by atoms with Crippen molar-refractivity contribution in [1.29, 1.82) is 0 Å². The van der Waals surface area contributed by atoms with Gasteiger partial charge in [-0.25, -0.2) is 8.42 Å². The number of carbonyl (C=O) groups excluding carboxylic acids is 1. The minimum absolute atomic E-state index is 0.0546. The summed E-state index contributed by atoms with van der Waals surface area (Å²) >= 11 is 0. The second-order valence-corrected chi connectivity index (χ2v) is 9.07. The fraction of sp³-hybridized carbons (Fsp3) is 0.240. The van der Waals surface area contributed by atoms with E-state index in [0.717, 1.165) is 33.8 Å². The Balaban J connectivity index is 1.94. The van der Waals surface area contributed by atoms with Gasteiger partial charge in [0.25, 0.3) is 15.9 Å². The summed E-state index contributed by atoms with van der Waals surface area (Å²) < 4.78 is 33.3. The van der Waals surface area contributed by atoms with Gasteiger partial charge in [-0.05, 0) is 67.3 Å². The molecule has 0 saturated heterocycles. The van der Waals surface area contributed by atoms with Crippen molar-refractivity contribution in [3.8, 4) is 5.75 Å². The summed E-state index contributed by atoms with van der Waals surface area (Å²) in [6.45, 7) is 5.52. The third-order valence-corrected chi connectivity index (χ3v) is 6.80. The number of hydrogen-bond donors (Lipinski definition) is 0. The SMILES string of the molecule is CCc1ccc(N(C(=O)COc2cccc(CC)c2)S(=O)(=O)c2ccc(C)cc2)cc1. The van der Waals surface area contributed by atoms with Crippen LogP contribution in [0.3, 0.4) is 0 Å². The second kappa shape index (κ2) is 9.79. The molecule has 0 aromatic heterocycles. The summed E-state index contributed by atoms with van der Waals surface area (Å²) in [5.41, 5.74) is 3.35. The zero-order valence-electron chi connectivity index (χ0n) is 18.0. The van der Waals surface area contributed by atoms with Crippen LogP contribution in [-0.4, -0.2) is 20.9 Å². The normalized spacial score (nSPS) is 11.2. The maximum absolute atomic E-state index is 13.4. The molecule has 3 aromatic carbocycles. The molecular formula is C25H27NO4S. The van der Waals surface area contributed by atoms with Crippen LogP contribution in [0.25, 0.3) is 0 Å². The quantitative estimate of drug-likeness (QED) is 0.502. The third-order valence-electron chi connectivity index (χ3n) is 5.03. The molecule has 0 saturated carbocycles. The van der Waals surface area contributed by atoms with E-state index in [1.165, 1.54) is 12.1 Å². The molecule has 5 nitrogen and oxygen atoms in total. The first kappa shape index (κ1) is 22.6. The van der Waals surface area contributed by atoms with Crippen molar-refractivity contribution in [2.24, 2.45) is 0 Å². The van der Waals surface area contributed by atoms with Crippen molar-refractivity contribution in [3.63, 3.8) is 0 Å². The predicted octanol–water partition coefficient (Wildman–Crippen LogP) is 4.92. The lowest BCUT2D eigenvalue weighted by molar-refractivity contribution is -0.119. The minimum atomic E-state index is -4.10. The van der Waals surface area contributed by atoms with Crippen molar-refractivity contribution in [3.05, 3.63) is 89.5 Å². The summed E-state index contributed by atoms with van der Waals surface area (Å²) in [6, 6.07) is 20.8. The zero-order valence-corrected chi connectivity index (χ0v) is 18.9. The highest BCUT2D eigenvalue weighted by Gasteiger charge is 2.31. The van der Waals surface area contributed by atoms with Gasteiger partial charge in [0.2, 0.25) is 0 Å². The number of ether oxygens (including phenoxy) is 1. The van der Waals surface area contributed by atoms with E-state index in [9.17, 15) is 13.2 Å². The Bertz CT molecular complexity index is 1140. The first-order chi connectivity index (χ1) is 14.8. The standard InChI is InChI=1S/C25H27NO4S/c1-4-20-11-13-22(14-12-20)26(31(28,29)24-15-9-19(3)10-16-24)25(27)18-30-23-8-6-7-21(5-2)17-23/h6-17H,4-5,18H2,1-3H3. The van der Waals surface area contributed by atoms with E-state index in [1.807, 2.05) is 51.1 Å². The number of nitrogens with zero attached hydrogens (tertiary/aromatic N) is 1. The Morgan fingerprint density at radius 2 is 1.52 bits per heavy atom. The van der Waals surface area contributed by atoms with Crippen LogP contribution < -0.4 is 9.04 Å². The van der Waals surface area contributed by atoms with Crippen LogP contribution in [0.5, 0.6) is 5.75 Å². The average Bonchev–Trinajstić information content (AvgIpc) is 2.78. The summed E-state index contributed by atoms with van der Waals surface area (Å²) in [5.74, 6) is -0.131. The van der Waals surface area contributed by atoms with E-state index in [4.69, 9.17) is 4.74 Å². The smallest absolute Gasteiger partial charge is 0.278 e. The molecule has 0 aliphatic heterocycles. The molecule has 0 bridgehead atoms. The number of sulfonamides is 1. The summed E-state index contributed by atoms with van der Waals surface area (Å²) in [6.07, 6.45) is 1.65. The zero-order chi connectivity index (χ0) is 22.4. The molecule has 0 aliphatic rings. The van der Waals surface area contributed by atoms with E-state index in [1.54, 1.807) is 30.3 Å². The molecule has 0 unspecified atom stereocenters. The van der Waals surface area contributed by atoms with Gasteiger partial charge in [0.15, 0.2) is 6.61 Å². The van der Waals surface area contributed by atoms with Gasteiger partial charge in [-0.15, -0.1) is 0 Å². The van der Waals surface area contributed by atoms with Crippen LogP contribution in [0.2, 0.25) is 0 Å². The number of amides is 1. The molecule has 0 radical (unpaired) electrons. The molecule has 162 valence electrons. The van der Waals surface area contributed by atoms with Gasteiger partial charge in [-0.3, -0.25) is 4.79 Å². The summed E-state index contributed by atoms with van der Waals surface area (Å²) in [4.78, 5) is 13.2. The highest BCUT2D eigenvalue weighted by atomic mass is 32.2. The second-order valence-electron chi connectivity index (χ2n) is 7.29. The topological polar surface area (TPSA) is 63.7 Å². The lowest BCUT2D eigenvalue weighted by atomic mass is 10.1. The maximum Gasteiger partial charge on any atom is 0.278 e. The van der Waals surface area contributed by atoms with E-state index in [-0.39, 0.29) is 10.6 Å². The van der Waals surface area contributed by atoms with Crippen LogP contribution in [0.15, 0.2) is 77.7 Å². The van der Waals surface area contributed by atoms with Crippen molar-refractivity contribution in [2.45, 2.75) is 38.5 Å². The Kier molecular flexibility index (Phi) is 7.13. The van der Waals surface area contributed by atoms with Gasteiger partial charge in [0.1, 0.15) is 5.75 Å². The van der Waals surface area contributed by atoms with Crippen LogP contribution in [0.4, 0.5) is 5.69 Å². The largest absolute Gasteiger partial charge is 0.484 e. The molecule has 0 spiro atoms. The first-order valence-electron chi connectivity index (χ1n) is 10.3. The number of anilines is 1. The lowest BCUT2D eigenvalue weighted by Crippen LogP contribution is -2.40. The molecular weight excluding hydrogens is 410 g/mol. The molecule has 0 N–H and O–H groups in total. The van der Waals surface area contributed by atoms with Gasteiger partial charge < -0.3 is 4.74 Å². The van der Waals surface area contributed by atoms with Crippen molar-refractivity contribution in [2.75, 3.05) is 10.9 Å². The lowest BCUT2D eigenvalue weighted by Gasteiger charge is -2.23. The van der Waals surface area contributed by atoms with Crippen LogP contribution >= 0.6 is 0 Å². The van der Waals surface area contributed by atoms with Gasteiger partial charge in [-0.2, -0.15) is 4.31 Å². The Labute approximate surface area is 184 Å². The van der Waals surface area contributed by atoms with Crippen LogP contribution in [0.1, 0.15) is 30.5 Å². The van der Waals surface area contributed by atoms with E-state index >= 15 is 0 Å². The Morgan fingerprint density at radius 1 is 0.871 bits per heavy atom. The molecule has 0 aliphatic carbocycles. The van der Waals surface area contributed by atoms with Crippen LogP contribution in [-0.2, 0) is 27.7 Å². The fourth-order valence-electron chi connectivity index (χ4n) is 3.16. The molecule has 0 atom stereocenters. The number of carbonyl (C=O) groups is 1.